The lowest BCUT2D eigenvalue weighted by atomic mass is 10.1. The Labute approximate surface area is 119 Å². The van der Waals surface area contributed by atoms with Gasteiger partial charge >= 0.3 is 0 Å². The van der Waals surface area contributed by atoms with Gasteiger partial charge in [-0.1, -0.05) is 12.5 Å². The van der Waals surface area contributed by atoms with Crippen LogP contribution in [0.5, 0.6) is 0 Å². The second kappa shape index (κ2) is 4.94. The van der Waals surface area contributed by atoms with E-state index in [0.29, 0.717) is 12.7 Å². The summed E-state index contributed by atoms with van der Waals surface area (Å²) in [5, 5.41) is 10.4. The van der Waals surface area contributed by atoms with Gasteiger partial charge in [-0.3, -0.25) is 9.74 Å². The van der Waals surface area contributed by atoms with E-state index in [1.54, 1.807) is 12.2 Å². The third-order valence-electron chi connectivity index (χ3n) is 3.99. The molecule has 6 nitrogen and oxygen atoms in total. The smallest absolute Gasteiger partial charge is 0.177 e. The Morgan fingerprint density at radius 3 is 2.90 bits per heavy atom. The van der Waals surface area contributed by atoms with Crippen LogP contribution < -0.4 is 0 Å². The molecule has 0 saturated heterocycles. The third-order valence-corrected chi connectivity index (χ3v) is 3.99. The van der Waals surface area contributed by atoms with E-state index in [4.69, 9.17) is 4.84 Å². The van der Waals surface area contributed by atoms with Crippen LogP contribution in [0.15, 0.2) is 45.4 Å². The predicted octanol–water partition coefficient (Wildman–Crippen LogP) is 2.62. The summed E-state index contributed by atoms with van der Waals surface area (Å²) in [6.07, 6.45) is 5.11. The van der Waals surface area contributed by atoms with Crippen LogP contribution >= 0.6 is 0 Å². The molecule has 1 unspecified atom stereocenters. The van der Waals surface area contributed by atoms with E-state index in [0.717, 1.165) is 30.3 Å². The summed E-state index contributed by atoms with van der Waals surface area (Å²) >= 11 is 0. The Kier molecular flexibility index (Phi) is 3.25. The van der Waals surface area contributed by atoms with Crippen molar-refractivity contribution >= 4 is 0 Å². The molecule has 0 fully saturated rings. The molecule has 0 radical (unpaired) electrons. The summed E-state index contributed by atoms with van der Waals surface area (Å²) in [4.78, 5) is 9.86. The van der Waals surface area contributed by atoms with Gasteiger partial charge in [-0.25, -0.2) is 5.06 Å². The molecule has 1 atom stereocenters. The Morgan fingerprint density at radius 1 is 1.40 bits per heavy atom. The lowest BCUT2D eigenvalue weighted by Gasteiger charge is -2.41. The van der Waals surface area contributed by atoms with Crippen molar-refractivity contribution in [3.63, 3.8) is 0 Å². The first-order valence-corrected chi connectivity index (χ1v) is 7.04. The van der Waals surface area contributed by atoms with Crippen LogP contribution in [0.25, 0.3) is 0 Å². The normalized spacial score (nSPS) is 22.7. The number of allylic oxidation sites excluding steroid dienone is 1. The number of fused-ring (bicyclic) bond motifs is 2. The molecule has 0 aromatic rings. The second-order valence-electron chi connectivity index (χ2n) is 5.44. The molecule has 0 amide bonds. The van der Waals surface area contributed by atoms with Crippen molar-refractivity contribution < 1.29 is 4.84 Å². The molecule has 0 saturated carbocycles. The molecule has 20 heavy (non-hydrogen) atoms. The van der Waals surface area contributed by atoms with E-state index in [9.17, 15) is 0 Å². The minimum atomic E-state index is 0.467. The van der Waals surface area contributed by atoms with Crippen molar-refractivity contribution in [1.82, 2.24) is 14.9 Å². The Bertz CT molecular complexity index is 534. The predicted molar refractivity (Wildman–Crippen MR) is 75.7 cm³/mol. The molecule has 6 heteroatoms. The number of hydroxylamine groups is 2. The van der Waals surface area contributed by atoms with Crippen LogP contribution in [-0.2, 0) is 4.84 Å². The fraction of sp³-hybridized carbons (Fsp3) is 0.571. The highest BCUT2D eigenvalue weighted by molar-refractivity contribution is 5.36. The number of hydrogen-bond donors (Lipinski definition) is 0. The molecule has 0 aromatic heterocycles. The molecule has 0 N–H and O–H groups in total. The Hall–Kier alpha value is -1.82. The molecule has 3 rings (SSSR count). The van der Waals surface area contributed by atoms with Gasteiger partial charge in [0.05, 0.1) is 13.3 Å². The van der Waals surface area contributed by atoms with E-state index in [-0.39, 0.29) is 0 Å². The van der Waals surface area contributed by atoms with Gasteiger partial charge in [0.2, 0.25) is 0 Å². The van der Waals surface area contributed by atoms with Gasteiger partial charge in [0.25, 0.3) is 0 Å². The van der Waals surface area contributed by atoms with Gasteiger partial charge in [-0.15, -0.1) is 10.2 Å². The third kappa shape index (κ3) is 2.00. The van der Waals surface area contributed by atoms with Crippen molar-refractivity contribution in [3.05, 3.63) is 35.2 Å². The zero-order valence-electron chi connectivity index (χ0n) is 12.5. The SMILES string of the molecule is CCC(C)N1CC(C)=CC2=C1N1CN(OC)C=C1N=N2. The van der Waals surface area contributed by atoms with Gasteiger partial charge in [-0.2, -0.15) is 0 Å². The Balaban J connectivity index is 2.00. The van der Waals surface area contributed by atoms with Gasteiger partial charge in [0.15, 0.2) is 5.82 Å². The first-order valence-electron chi connectivity index (χ1n) is 7.04. The maximum absolute atomic E-state index is 5.28. The standard InChI is InChI=1S/C14H21N5O/c1-5-11(3)18-7-10(2)6-12-14(18)19-9-17(20-4)8-13(19)16-15-12/h6,8,11H,5,7,9H2,1-4H3. The van der Waals surface area contributed by atoms with Crippen molar-refractivity contribution in [2.45, 2.75) is 33.2 Å². The quantitative estimate of drug-likeness (QED) is 0.794. The second-order valence-corrected chi connectivity index (χ2v) is 5.44. The highest BCUT2D eigenvalue weighted by atomic mass is 16.7. The Morgan fingerprint density at radius 2 is 2.20 bits per heavy atom. The molecule has 0 bridgehead atoms. The van der Waals surface area contributed by atoms with Gasteiger partial charge in [0.1, 0.15) is 18.2 Å². The highest BCUT2D eigenvalue weighted by Crippen LogP contribution is 2.36. The van der Waals surface area contributed by atoms with E-state index in [1.807, 2.05) is 6.20 Å². The molecular weight excluding hydrogens is 254 g/mol. The van der Waals surface area contributed by atoms with Crippen LogP contribution in [0.2, 0.25) is 0 Å². The van der Waals surface area contributed by atoms with Crippen LogP contribution in [0.3, 0.4) is 0 Å². The molecule has 3 heterocycles. The number of hydrogen-bond acceptors (Lipinski definition) is 6. The highest BCUT2D eigenvalue weighted by Gasteiger charge is 2.35. The number of nitrogens with zero attached hydrogens (tertiary/aromatic N) is 5. The van der Waals surface area contributed by atoms with Crippen LogP contribution in [0.1, 0.15) is 27.2 Å². The average molecular weight is 275 g/mol. The van der Waals surface area contributed by atoms with Crippen molar-refractivity contribution in [2.24, 2.45) is 10.2 Å². The van der Waals surface area contributed by atoms with E-state index >= 15 is 0 Å². The molecule has 0 spiro atoms. The van der Waals surface area contributed by atoms with Gasteiger partial charge in [-0.05, 0) is 26.3 Å². The van der Waals surface area contributed by atoms with E-state index in [2.05, 4.69) is 46.9 Å². The van der Waals surface area contributed by atoms with Crippen LogP contribution in [-0.4, -0.2) is 41.2 Å². The minimum Gasteiger partial charge on any atom is -0.349 e. The van der Waals surface area contributed by atoms with Crippen molar-refractivity contribution in [3.8, 4) is 0 Å². The van der Waals surface area contributed by atoms with E-state index in [1.165, 1.54) is 5.57 Å². The first-order chi connectivity index (χ1) is 9.63. The topological polar surface area (TPSA) is 43.7 Å². The zero-order valence-corrected chi connectivity index (χ0v) is 12.5. The molecular formula is C14H21N5O. The van der Waals surface area contributed by atoms with Gasteiger partial charge < -0.3 is 4.90 Å². The maximum atomic E-state index is 5.28. The lowest BCUT2D eigenvalue weighted by Crippen LogP contribution is -2.44. The van der Waals surface area contributed by atoms with Crippen LogP contribution in [0.4, 0.5) is 0 Å². The van der Waals surface area contributed by atoms with Crippen molar-refractivity contribution in [2.75, 3.05) is 20.3 Å². The average Bonchev–Trinajstić information content (AvgIpc) is 2.88. The molecule has 3 aliphatic rings. The maximum Gasteiger partial charge on any atom is 0.177 e. The lowest BCUT2D eigenvalue weighted by molar-refractivity contribution is -0.0977. The first kappa shape index (κ1) is 13.2. The summed E-state index contributed by atoms with van der Waals surface area (Å²) in [5.41, 5.74) is 2.27. The van der Waals surface area contributed by atoms with E-state index < -0.39 is 0 Å². The summed E-state index contributed by atoms with van der Waals surface area (Å²) in [6.45, 7) is 8.21. The molecule has 108 valence electrons. The molecule has 3 aliphatic heterocycles. The summed E-state index contributed by atoms with van der Waals surface area (Å²) < 4.78 is 0. The van der Waals surface area contributed by atoms with Gasteiger partial charge in [0, 0.05) is 12.6 Å². The van der Waals surface area contributed by atoms with Crippen molar-refractivity contribution in [1.29, 1.82) is 0 Å². The summed E-state index contributed by atoms with van der Waals surface area (Å²) in [5.74, 6) is 1.98. The number of azo groups is 1. The summed E-state index contributed by atoms with van der Waals surface area (Å²) in [6, 6.07) is 0.467. The monoisotopic (exact) mass is 275 g/mol. The minimum absolute atomic E-state index is 0.467. The largest absolute Gasteiger partial charge is 0.349 e. The summed E-state index contributed by atoms with van der Waals surface area (Å²) in [7, 11) is 1.67. The molecule has 0 aromatic carbocycles. The number of rotatable bonds is 3. The zero-order chi connectivity index (χ0) is 14.3. The fourth-order valence-electron chi connectivity index (χ4n) is 2.71. The molecule has 0 aliphatic carbocycles. The fourth-order valence-corrected chi connectivity index (χ4v) is 2.71. The van der Waals surface area contributed by atoms with Crippen LogP contribution in [0, 0.1) is 0 Å².